The zero-order valence-electron chi connectivity index (χ0n) is 12.0. The van der Waals surface area contributed by atoms with Crippen LogP contribution in [0.25, 0.3) is 6.08 Å². The third-order valence-corrected chi connectivity index (χ3v) is 2.94. The number of carbonyl (C=O) groups is 1. The first kappa shape index (κ1) is 15.4. The average Bonchev–Trinajstić information content (AvgIpc) is 2.46. The van der Waals surface area contributed by atoms with E-state index in [-0.39, 0.29) is 5.97 Å². The predicted molar refractivity (Wildman–Crippen MR) is 79.2 cm³/mol. The van der Waals surface area contributed by atoms with Gasteiger partial charge in [-0.05, 0) is 37.1 Å². The van der Waals surface area contributed by atoms with E-state index in [0.29, 0.717) is 5.56 Å². The van der Waals surface area contributed by atoms with Crippen molar-refractivity contribution in [2.24, 2.45) is 0 Å². The van der Waals surface area contributed by atoms with Crippen molar-refractivity contribution in [1.29, 1.82) is 0 Å². The second-order valence-corrected chi connectivity index (χ2v) is 4.45. The van der Waals surface area contributed by atoms with Crippen molar-refractivity contribution < 1.29 is 9.53 Å². The Morgan fingerprint density at radius 1 is 1.26 bits per heavy atom. The zero-order chi connectivity index (χ0) is 14.1. The Balaban J connectivity index is 2.70. The largest absolute Gasteiger partial charge is 0.465 e. The number of nitrogens with one attached hydrogen (secondary N) is 1. The minimum atomic E-state index is -0.296. The topological polar surface area (TPSA) is 38.3 Å². The van der Waals surface area contributed by atoms with E-state index in [0.717, 1.165) is 31.5 Å². The predicted octanol–water partition coefficient (Wildman–Crippen LogP) is 3.27. The van der Waals surface area contributed by atoms with E-state index in [1.54, 1.807) is 12.1 Å². The Morgan fingerprint density at radius 3 is 2.47 bits per heavy atom. The van der Waals surface area contributed by atoms with Crippen LogP contribution in [-0.4, -0.2) is 26.2 Å². The standard InChI is InChI=1S/C16H23NO2/c1-4-10-17-12-13(5-2)11-14-6-8-15(9-7-14)16(18)19-3/h6-9,11,17H,4-5,10,12H2,1-3H3. The lowest BCUT2D eigenvalue weighted by Crippen LogP contribution is -2.17. The summed E-state index contributed by atoms with van der Waals surface area (Å²) in [6.45, 7) is 6.28. The van der Waals surface area contributed by atoms with Crippen LogP contribution in [0, 0.1) is 0 Å². The van der Waals surface area contributed by atoms with Gasteiger partial charge in [0, 0.05) is 6.54 Å². The van der Waals surface area contributed by atoms with Crippen LogP contribution in [0.5, 0.6) is 0 Å². The molecule has 0 atom stereocenters. The van der Waals surface area contributed by atoms with Crippen molar-refractivity contribution in [3.8, 4) is 0 Å². The van der Waals surface area contributed by atoms with E-state index in [1.165, 1.54) is 12.7 Å². The highest BCUT2D eigenvalue weighted by Gasteiger charge is 2.03. The molecule has 0 unspecified atom stereocenters. The molecule has 0 aliphatic rings. The molecule has 0 amide bonds. The first-order valence-corrected chi connectivity index (χ1v) is 6.79. The van der Waals surface area contributed by atoms with E-state index >= 15 is 0 Å². The number of carbonyl (C=O) groups excluding carboxylic acids is 1. The molecule has 19 heavy (non-hydrogen) atoms. The quantitative estimate of drug-likeness (QED) is 0.605. The summed E-state index contributed by atoms with van der Waals surface area (Å²) < 4.78 is 4.68. The third-order valence-electron chi connectivity index (χ3n) is 2.94. The van der Waals surface area contributed by atoms with Crippen molar-refractivity contribution in [2.75, 3.05) is 20.2 Å². The van der Waals surface area contributed by atoms with Gasteiger partial charge in [-0.15, -0.1) is 0 Å². The molecule has 0 radical (unpaired) electrons. The normalized spacial score (nSPS) is 11.4. The van der Waals surface area contributed by atoms with Crippen LogP contribution in [0.2, 0.25) is 0 Å². The Kier molecular flexibility index (Phi) is 6.90. The molecule has 0 aliphatic heterocycles. The molecule has 3 nitrogen and oxygen atoms in total. The third kappa shape index (κ3) is 5.26. The fraction of sp³-hybridized carbons (Fsp3) is 0.438. The number of ether oxygens (including phenoxy) is 1. The van der Waals surface area contributed by atoms with Crippen LogP contribution in [-0.2, 0) is 4.74 Å². The molecule has 0 saturated carbocycles. The first-order chi connectivity index (χ1) is 9.21. The minimum absolute atomic E-state index is 0.296. The van der Waals surface area contributed by atoms with Crippen LogP contribution in [0.15, 0.2) is 29.8 Å². The van der Waals surface area contributed by atoms with Gasteiger partial charge in [-0.1, -0.05) is 37.6 Å². The molecule has 104 valence electrons. The van der Waals surface area contributed by atoms with Crippen molar-refractivity contribution >= 4 is 12.0 Å². The number of esters is 1. The number of benzene rings is 1. The lowest BCUT2D eigenvalue weighted by atomic mass is 10.1. The summed E-state index contributed by atoms with van der Waals surface area (Å²) in [6.07, 6.45) is 4.34. The first-order valence-electron chi connectivity index (χ1n) is 6.79. The molecule has 1 aromatic carbocycles. The molecular weight excluding hydrogens is 238 g/mol. The summed E-state index contributed by atoms with van der Waals surface area (Å²) in [6, 6.07) is 7.48. The second kappa shape index (κ2) is 8.48. The molecule has 0 saturated heterocycles. The van der Waals surface area contributed by atoms with Crippen molar-refractivity contribution in [2.45, 2.75) is 26.7 Å². The molecule has 0 spiro atoms. The summed E-state index contributed by atoms with van der Waals surface area (Å²) in [4.78, 5) is 11.3. The lowest BCUT2D eigenvalue weighted by Gasteiger charge is -2.07. The Morgan fingerprint density at radius 2 is 1.95 bits per heavy atom. The maximum atomic E-state index is 11.3. The van der Waals surface area contributed by atoms with Gasteiger partial charge in [-0.2, -0.15) is 0 Å². The van der Waals surface area contributed by atoms with Crippen molar-refractivity contribution in [3.63, 3.8) is 0 Å². The van der Waals surface area contributed by atoms with E-state index < -0.39 is 0 Å². The molecule has 0 aliphatic carbocycles. The van der Waals surface area contributed by atoms with Gasteiger partial charge in [-0.25, -0.2) is 4.79 Å². The van der Waals surface area contributed by atoms with E-state index in [1.807, 2.05) is 12.1 Å². The van der Waals surface area contributed by atoms with Gasteiger partial charge in [0.05, 0.1) is 12.7 Å². The molecule has 0 aromatic heterocycles. The molecule has 3 heteroatoms. The molecular formula is C16H23NO2. The van der Waals surface area contributed by atoms with Crippen LogP contribution in [0.1, 0.15) is 42.6 Å². The summed E-state index contributed by atoms with van der Waals surface area (Å²) in [7, 11) is 1.39. The van der Waals surface area contributed by atoms with E-state index in [4.69, 9.17) is 0 Å². The Hall–Kier alpha value is -1.61. The van der Waals surface area contributed by atoms with E-state index in [9.17, 15) is 4.79 Å². The Labute approximate surface area is 115 Å². The van der Waals surface area contributed by atoms with Crippen molar-refractivity contribution in [3.05, 3.63) is 41.0 Å². The molecule has 1 rings (SSSR count). The van der Waals surface area contributed by atoms with Gasteiger partial charge in [-0.3, -0.25) is 0 Å². The minimum Gasteiger partial charge on any atom is -0.465 e. The van der Waals surface area contributed by atoms with Crippen LogP contribution >= 0.6 is 0 Å². The summed E-state index contributed by atoms with van der Waals surface area (Å²) >= 11 is 0. The summed E-state index contributed by atoms with van der Waals surface area (Å²) in [5.74, 6) is -0.296. The Bertz CT molecular complexity index is 421. The maximum absolute atomic E-state index is 11.3. The fourth-order valence-corrected chi connectivity index (χ4v) is 1.77. The van der Waals surface area contributed by atoms with Crippen LogP contribution < -0.4 is 5.32 Å². The zero-order valence-corrected chi connectivity index (χ0v) is 12.0. The van der Waals surface area contributed by atoms with E-state index in [2.05, 4.69) is 30.0 Å². The van der Waals surface area contributed by atoms with Crippen molar-refractivity contribution in [1.82, 2.24) is 5.32 Å². The molecule has 0 fully saturated rings. The van der Waals surface area contributed by atoms with Gasteiger partial charge in [0.2, 0.25) is 0 Å². The molecule has 0 bridgehead atoms. The number of hydrogen-bond acceptors (Lipinski definition) is 3. The van der Waals surface area contributed by atoms with Crippen LogP contribution in [0.3, 0.4) is 0 Å². The SMILES string of the molecule is CCCNCC(=Cc1ccc(C(=O)OC)cc1)CC. The highest BCUT2D eigenvalue weighted by Crippen LogP contribution is 2.11. The number of methoxy groups -OCH3 is 1. The van der Waals surface area contributed by atoms with Gasteiger partial charge >= 0.3 is 5.97 Å². The lowest BCUT2D eigenvalue weighted by molar-refractivity contribution is 0.0601. The van der Waals surface area contributed by atoms with Gasteiger partial charge in [0.25, 0.3) is 0 Å². The summed E-state index contributed by atoms with van der Waals surface area (Å²) in [5.41, 5.74) is 3.06. The average molecular weight is 261 g/mol. The summed E-state index contributed by atoms with van der Waals surface area (Å²) in [5, 5.41) is 3.40. The number of hydrogen-bond donors (Lipinski definition) is 1. The molecule has 1 aromatic rings. The molecule has 0 heterocycles. The monoisotopic (exact) mass is 261 g/mol. The van der Waals surface area contributed by atoms with Gasteiger partial charge < -0.3 is 10.1 Å². The number of rotatable bonds is 7. The maximum Gasteiger partial charge on any atom is 0.337 e. The fourth-order valence-electron chi connectivity index (χ4n) is 1.77. The molecule has 1 N–H and O–H groups in total. The highest BCUT2D eigenvalue weighted by molar-refractivity contribution is 5.89. The van der Waals surface area contributed by atoms with Gasteiger partial charge in [0.1, 0.15) is 0 Å². The second-order valence-electron chi connectivity index (χ2n) is 4.45. The van der Waals surface area contributed by atoms with Crippen LogP contribution in [0.4, 0.5) is 0 Å². The highest BCUT2D eigenvalue weighted by atomic mass is 16.5. The smallest absolute Gasteiger partial charge is 0.337 e. The van der Waals surface area contributed by atoms with Gasteiger partial charge in [0.15, 0.2) is 0 Å².